The van der Waals surface area contributed by atoms with Gasteiger partial charge in [0.25, 0.3) is 0 Å². The van der Waals surface area contributed by atoms with Crippen LogP contribution >= 0.6 is 35.6 Å². The fraction of sp³-hybridized carbons (Fsp3) is 0.333. The zero-order valence-corrected chi connectivity index (χ0v) is 7.43. The van der Waals surface area contributed by atoms with E-state index in [4.69, 9.17) is 11.6 Å². The Morgan fingerprint density at radius 1 is 1.67 bits per heavy atom. The zero-order valence-electron chi connectivity index (χ0n) is 4.97. The quantitative estimate of drug-likeness (QED) is 0.627. The second-order valence-corrected chi connectivity index (χ2v) is 4.34. The molecule has 0 aliphatic heterocycles. The Kier molecular flexibility index (Phi) is 2.44. The van der Waals surface area contributed by atoms with Crippen LogP contribution in [0.2, 0.25) is 4.34 Å². The Morgan fingerprint density at radius 3 is 2.56 bits per heavy atom. The van der Waals surface area contributed by atoms with Crippen LogP contribution in [0.1, 0.15) is 17.1 Å². The molecule has 1 rings (SSSR count). The van der Waals surface area contributed by atoms with Crippen LogP contribution < -0.4 is 0 Å². The molecule has 1 aromatic heterocycles. The van der Waals surface area contributed by atoms with E-state index in [-0.39, 0.29) is 0 Å². The van der Waals surface area contributed by atoms with Crippen LogP contribution in [-0.2, 0) is 0 Å². The van der Waals surface area contributed by atoms with Gasteiger partial charge in [0.15, 0.2) is 0 Å². The van der Waals surface area contributed by atoms with Crippen LogP contribution in [0.25, 0.3) is 0 Å². The standard InChI is InChI=1S/C6H7ClS2/c1-4(8)5-2-3-6(7)9-5/h2-4,8H,1H3. The molecule has 1 unspecified atom stereocenters. The first-order valence-corrected chi connectivity index (χ1v) is 4.34. The second-order valence-electron chi connectivity index (χ2n) is 1.82. The summed E-state index contributed by atoms with van der Waals surface area (Å²) in [4.78, 5) is 1.23. The summed E-state index contributed by atoms with van der Waals surface area (Å²) in [5, 5.41) is 0.308. The van der Waals surface area contributed by atoms with E-state index < -0.39 is 0 Å². The maximum Gasteiger partial charge on any atom is 0.0931 e. The maximum atomic E-state index is 5.69. The molecule has 3 heteroatoms. The molecule has 0 amide bonds. The van der Waals surface area contributed by atoms with Crippen LogP contribution in [0.5, 0.6) is 0 Å². The molecule has 0 radical (unpaired) electrons. The van der Waals surface area contributed by atoms with Gasteiger partial charge in [0, 0.05) is 10.1 Å². The molecule has 0 aliphatic carbocycles. The first kappa shape index (κ1) is 7.45. The summed E-state index contributed by atoms with van der Waals surface area (Å²) >= 11 is 11.5. The van der Waals surface area contributed by atoms with E-state index in [1.54, 1.807) is 11.3 Å². The van der Waals surface area contributed by atoms with Crippen molar-refractivity contribution >= 4 is 35.6 Å². The molecule has 0 bridgehead atoms. The van der Waals surface area contributed by atoms with Gasteiger partial charge in [0.1, 0.15) is 0 Å². The van der Waals surface area contributed by atoms with Gasteiger partial charge in [-0.1, -0.05) is 11.6 Å². The van der Waals surface area contributed by atoms with Crippen molar-refractivity contribution in [1.29, 1.82) is 0 Å². The van der Waals surface area contributed by atoms with Gasteiger partial charge in [-0.3, -0.25) is 0 Å². The molecular formula is C6H7ClS2. The minimum atomic E-state index is 0.308. The van der Waals surface area contributed by atoms with E-state index in [2.05, 4.69) is 12.6 Å². The minimum Gasteiger partial charge on any atom is -0.171 e. The molecular weight excluding hydrogens is 172 g/mol. The normalized spacial score (nSPS) is 13.7. The minimum absolute atomic E-state index is 0.308. The van der Waals surface area contributed by atoms with Crippen molar-refractivity contribution in [2.75, 3.05) is 0 Å². The van der Waals surface area contributed by atoms with Gasteiger partial charge in [-0.05, 0) is 19.1 Å². The molecule has 1 atom stereocenters. The first-order valence-electron chi connectivity index (χ1n) is 2.63. The lowest BCUT2D eigenvalue weighted by atomic mass is 10.4. The molecule has 0 saturated heterocycles. The molecule has 0 N–H and O–H groups in total. The SMILES string of the molecule is CC(S)c1ccc(Cl)s1. The average Bonchev–Trinajstić information content (AvgIpc) is 2.14. The van der Waals surface area contributed by atoms with Gasteiger partial charge in [0.05, 0.1) is 4.34 Å². The number of thiophene rings is 1. The zero-order chi connectivity index (χ0) is 6.85. The summed E-state index contributed by atoms with van der Waals surface area (Å²) in [6.45, 7) is 2.03. The predicted octanol–water partition coefficient (Wildman–Crippen LogP) is 3.39. The average molecular weight is 179 g/mol. The summed E-state index contributed by atoms with van der Waals surface area (Å²) in [5.74, 6) is 0. The van der Waals surface area contributed by atoms with Crippen LogP contribution in [0.3, 0.4) is 0 Å². The van der Waals surface area contributed by atoms with Gasteiger partial charge in [0.2, 0.25) is 0 Å². The summed E-state index contributed by atoms with van der Waals surface area (Å²) in [6, 6.07) is 3.90. The van der Waals surface area contributed by atoms with Gasteiger partial charge in [-0.2, -0.15) is 12.6 Å². The number of hydrogen-bond acceptors (Lipinski definition) is 2. The third kappa shape index (κ3) is 1.88. The summed E-state index contributed by atoms with van der Waals surface area (Å²) in [5.41, 5.74) is 0. The van der Waals surface area contributed by atoms with Crippen molar-refractivity contribution in [2.45, 2.75) is 12.2 Å². The van der Waals surface area contributed by atoms with Crippen LogP contribution in [0, 0.1) is 0 Å². The van der Waals surface area contributed by atoms with Crippen molar-refractivity contribution in [3.8, 4) is 0 Å². The van der Waals surface area contributed by atoms with Crippen LogP contribution in [0.15, 0.2) is 12.1 Å². The van der Waals surface area contributed by atoms with Gasteiger partial charge in [-0.15, -0.1) is 11.3 Å². The van der Waals surface area contributed by atoms with Gasteiger partial charge in [-0.25, -0.2) is 0 Å². The van der Waals surface area contributed by atoms with Crippen molar-refractivity contribution in [1.82, 2.24) is 0 Å². The third-order valence-corrected chi connectivity index (χ3v) is 2.87. The Balaban J connectivity index is 2.85. The number of hydrogen-bond donors (Lipinski definition) is 1. The fourth-order valence-corrected chi connectivity index (χ4v) is 1.80. The molecule has 0 spiro atoms. The first-order chi connectivity index (χ1) is 4.20. The Hall–Kier alpha value is 0.340. The molecule has 0 saturated carbocycles. The van der Waals surface area contributed by atoms with E-state index in [1.165, 1.54) is 4.88 Å². The van der Waals surface area contributed by atoms with Crippen molar-refractivity contribution in [3.63, 3.8) is 0 Å². The highest BCUT2D eigenvalue weighted by atomic mass is 35.5. The lowest BCUT2D eigenvalue weighted by Gasteiger charge is -1.95. The topological polar surface area (TPSA) is 0 Å². The number of halogens is 1. The molecule has 1 aromatic rings. The lowest BCUT2D eigenvalue weighted by Crippen LogP contribution is -1.72. The highest BCUT2D eigenvalue weighted by Crippen LogP contribution is 2.29. The van der Waals surface area contributed by atoms with Crippen molar-refractivity contribution in [2.24, 2.45) is 0 Å². The van der Waals surface area contributed by atoms with Gasteiger partial charge >= 0.3 is 0 Å². The molecule has 0 aliphatic rings. The van der Waals surface area contributed by atoms with E-state index >= 15 is 0 Å². The van der Waals surface area contributed by atoms with Crippen molar-refractivity contribution in [3.05, 3.63) is 21.3 Å². The van der Waals surface area contributed by atoms with Crippen LogP contribution in [-0.4, -0.2) is 0 Å². The maximum absolute atomic E-state index is 5.69. The largest absolute Gasteiger partial charge is 0.171 e. The second kappa shape index (κ2) is 2.95. The molecule has 0 fully saturated rings. The van der Waals surface area contributed by atoms with E-state index in [0.717, 1.165) is 4.34 Å². The van der Waals surface area contributed by atoms with E-state index in [1.807, 2.05) is 19.1 Å². The van der Waals surface area contributed by atoms with E-state index in [9.17, 15) is 0 Å². The highest BCUT2D eigenvalue weighted by molar-refractivity contribution is 7.80. The molecule has 50 valence electrons. The molecule has 1 heterocycles. The fourth-order valence-electron chi connectivity index (χ4n) is 0.553. The highest BCUT2D eigenvalue weighted by Gasteiger charge is 2.01. The third-order valence-electron chi connectivity index (χ3n) is 1.01. The Morgan fingerprint density at radius 2 is 2.33 bits per heavy atom. The smallest absolute Gasteiger partial charge is 0.0931 e. The Bertz CT molecular complexity index is 193. The summed E-state index contributed by atoms with van der Waals surface area (Å²) in [6.07, 6.45) is 0. The molecule has 0 aromatic carbocycles. The summed E-state index contributed by atoms with van der Waals surface area (Å²) < 4.78 is 0.839. The van der Waals surface area contributed by atoms with Crippen LogP contribution in [0.4, 0.5) is 0 Å². The number of rotatable bonds is 1. The molecule has 9 heavy (non-hydrogen) atoms. The lowest BCUT2D eigenvalue weighted by molar-refractivity contribution is 1.15. The predicted molar refractivity (Wildman–Crippen MR) is 46.7 cm³/mol. The Labute approximate surface area is 69.3 Å². The van der Waals surface area contributed by atoms with E-state index in [0.29, 0.717) is 5.25 Å². The molecule has 0 nitrogen and oxygen atoms in total. The monoisotopic (exact) mass is 178 g/mol. The van der Waals surface area contributed by atoms with Gasteiger partial charge < -0.3 is 0 Å². The van der Waals surface area contributed by atoms with Crippen molar-refractivity contribution < 1.29 is 0 Å². The summed E-state index contributed by atoms with van der Waals surface area (Å²) in [7, 11) is 0. The number of thiol groups is 1.